The second-order valence-corrected chi connectivity index (χ2v) is 4.38. The Hall–Kier alpha value is -2.42. The molecule has 0 saturated carbocycles. The fourth-order valence-electron chi connectivity index (χ4n) is 1.89. The highest BCUT2D eigenvalue weighted by Crippen LogP contribution is 2.10. The second kappa shape index (κ2) is 6.66. The minimum Gasteiger partial charge on any atom is -0.462 e. The average molecular weight is 268 g/mol. The van der Waals surface area contributed by atoms with E-state index in [4.69, 9.17) is 4.74 Å². The number of carbonyl (C=O) groups excluding carboxylic acids is 2. The van der Waals surface area contributed by atoms with Gasteiger partial charge in [0.15, 0.2) is 5.78 Å². The fraction of sp³-hybridized carbons (Fsp3) is 0.176. The Morgan fingerprint density at radius 3 is 2.10 bits per heavy atom. The molecule has 0 aliphatic rings. The summed E-state index contributed by atoms with van der Waals surface area (Å²) in [6.45, 7) is 2.10. The molecule has 0 bridgehead atoms. The van der Waals surface area contributed by atoms with Crippen LogP contribution in [0, 0.1) is 0 Å². The first-order valence-corrected chi connectivity index (χ1v) is 6.55. The number of hydrogen-bond acceptors (Lipinski definition) is 3. The molecule has 0 atom stereocenters. The molecule has 0 unspecified atom stereocenters. The molecule has 3 heteroatoms. The van der Waals surface area contributed by atoms with E-state index in [2.05, 4.69) is 0 Å². The predicted molar refractivity (Wildman–Crippen MR) is 76.9 cm³/mol. The number of hydrogen-bond donors (Lipinski definition) is 0. The zero-order valence-electron chi connectivity index (χ0n) is 11.3. The molecule has 0 fully saturated rings. The van der Waals surface area contributed by atoms with E-state index in [0.717, 1.165) is 5.56 Å². The van der Waals surface area contributed by atoms with Crippen molar-refractivity contribution in [3.8, 4) is 0 Å². The molecule has 2 rings (SSSR count). The van der Waals surface area contributed by atoms with Crippen LogP contribution in [0.5, 0.6) is 0 Å². The zero-order chi connectivity index (χ0) is 14.4. The van der Waals surface area contributed by atoms with Gasteiger partial charge in [-0.25, -0.2) is 4.79 Å². The Balaban J connectivity index is 2.06. The minimum atomic E-state index is -0.366. The summed E-state index contributed by atoms with van der Waals surface area (Å²) in [5, 5.41) is 0. The normalized spacial score (nSPS) is 10.1. The van der Waals surface area contributed by atoms with Crippen molar-refractivity contribution in [2.75, 3.05) is 6.61 Å². The lowest BCUT2D eigenvalue weighted by Gasteiger charge is -2.04. The van der Waals surface area contributed by atoms with E-state index in [1.807, 2.05) is 30.3 Å². The number of ketones is 1. The summed E-state index contributed by atoms with van der Waals surface area (Å²) in [7, 11) is 0. The van der Waals surface area contributed by atoms with Gasteiger partial charge in [-0.05, 0) is 24.6 Å². The monoisotopic (exact) mass is 268 g/mol. The van der Waals surface area contributed by atoms with Crippen LogP contribution >= 0.6 is 0 Å². The van der Waals surface area contributed by atoms with Crippen LogP contribution in [-0.4, -0.2) is 18.4 Å². The van der Waals surface area contributed by atoms with Crippen molar-refractivity contribution in [2.24, 2.45) is 0 Å². The predicted octanol–water partition coefficient (Wildman–Crippen LogP) is 3.29. The Bertz CT molecular complexity index is 585. The van der Waals surface area contributed by atoms with Crippen LogP contribution in [0.25, 0.3) is 0 Å². The molecule has 2 aromatic rings. The molecule has 0 N–H and O–H groups in total. The third-order valence-corrected chi connectivity index (χ3v) is 2.93. The molecule has 0 aliphatic heterocycles. The molecule has 0 saturated heterocycles. The molecule has 3 nitrogen and oxygen atoms in total. The molecule has 0 aliphatic carbocycles. The van der Waals surface area contributed by atoms with Gasteiger partial charge in [-0.1, -0.05) is 42.5 Å². The van der Waals surface area contributed by atoms with Gasteiger partial charge in [0, 0.05) is 12.0 Å². The lowest BCUT2D eigenvalue weighted by atomic mass is 10.0. The van der Waals surface area contributed by atoms with Crippen molar-refractivity contribution in [3.63, 3.8) is 0 Å². The van der Waals surface area contributed by atoms with E-state index < -0.39 is 0 Å². The van der Waals surface area contributed by atoms with Crippen LogP contribution in [0.2, 0.25) is 0 Å². The average Bonchev–Trinajstić information content (AvgIpc) is 2.48. The smallest absolute Gasteiger partial charge is 0.338 e. The van der Waals surface area contributed by atoms with Gasteiger partial charge in [-0.15, -0.1) is 0 Å². The van der Waals surface area contributed by atoms with Gasteiger partial charge in [-0.3, -0.25) is 4.79 Å². The minimum absolute atomic E-state index is 0.0339. The maximum Gasteiger partial charge on any atom is 0.338 e. The van der Waals surface area contributed by atoms with E-state index in [1.54, 1.807) is 31.2 Å². The van der Waals surface area contributed by atoms with E-state index in [1.165, 1.54) is 0 Å². The molecule has 0 aromatic heterocycles. The van der Waals surface area contributed by atoms with Gasteiger partial charge in [-0.2, -0.15) is 0 Å². The summed E-state index contributed by atoms with van der Waals surface area (Å²) in [5.41, 5.74) is 2.04. The Kier molecular flexibility index (Phi) is 4.66. The maximum absolute atomic E-state index is 12.1. The standard InChI is InChI=1S/C17H16O3/c1-2-20-17(19)15-10-8-14(9-11-15)16(18)12-13-6-4-3-5-7-13/h3-11H,2,12H2,1H3. The SMILES string of the molecule is CCOC(=O)c1ccc(C(=O)Cc2ccccc2)cc1. The number of carbonyl (C=O) groups is 2. The van der Waals surface area contributed by atoms with Gasteiger partial charge >= 0.3 is 5.97 Å². The number of benzene rings is 2. The molecule has 0 heterocycles. The van der Waals surface area contributed by atoms with Crippen molar-refractivity contribution < 1.29 is 14.3 Å². The Labute approximate surface area is 118 Å². The highest BCUT2D eigenvalue weighted by molar-refractivity contribution is 5.98. The van der Waals surface area contributed by atoms with Crippen LogP contribution in [0.1, 0.15) is 33.2 Å². The molecule has 0 spiro atoms. The van der Waals surface area contributed by atoms with Gasteiger partial charge in [0.1, 0.15) is 0 Å². The van der Waals surface area contributed by atoms with Gasteiger partial charge in [0.25, 0.3) is 0 Å². The molecular weight excluding hydrogens is 252 g/mol. The largest absolute Gasteiger partial charge is 0.462 e. The summed E-state index contributed by atoms with van der Waals surface area (Å²) in [4.78, 5) is 23.6. The topological polar surface area (TPSA) is 43.4 Å². The van der Waals surface area contributed by atoms with Gasteiger partial charge in [0.2, 0.25) is 0 Å². The highest BCUT2D eigenvalue weighted by Gasteiger charge is 2.10. The van der Waals surface area contributed by atoms with E-state index in [0.29, 0.717) is 24.2 Å². The maximum atomic E-state index is 12.1. The lowest BCUT2D eigenvalue weighted by molar-refractivity contribution is 0.0526. The second-order valence-electron chi connectivity index (χ2n) is 4.38. The van der Waals surface area contributed by atoms with Crippen LogP contribution in [0.15, 0.2) is 54.6 Å². The molecule has 20 heavy (non-hydrogen) atoms. The van der Waals surface area contributed by atoms with E-state index in [-0.39, 0.29) is 11.8 Å². The van der Waals surface area contributed by atoms with Crippen molar-refractivity contribution >= 4 is 11.8 Å². The summed E-state index contributed by atoms with van der Waals surface area (Å²) in [6.07, 6.45) is 0.361. The molecule has 102 valence electrons. The van der Waals surface area contributed by atoms with Crippen molar-refractivity contribution in [3.05, 3.63) is 71.3 Å². The summed E-state index contributed by atoms with van der Waals surface area (Å²) >= 11 is 0. The van der Waals surface area contributed by atoms with Crippen LogP contribution < -0.4 is 0 Å². The van der Waals surface area contributed by atoms with Crippen LogP contribution in [0.3, 0.4) is 0 Å². The van der Waals surface area contributed by atoms with Crippen molar-refractivity contribution in [1.29, 1.82) is 0 Å². The Morgan fingerprint density at radius 2 is 1.50 bits per heavy atom. The zero-order valence-corrected chi connectivity index (χ0v) is 11.3. The Morgan fingerprint density at radius 1 is 0.900 bits per heavy atom. The van der Waals surface area contributed by atoms with E-state index >= 15 is 0 Å². The van der Waals surface area contributed by atoms with Crippen molar-refractivity contribution in [1.82, 2.24) is 0 Å². The quantitative estimate of drug-likeness (QED) is 0.617. The number of esters is 1. The molecule has 2 aromatic carbocycles. The van der Waals surface area contributed by atoms with E-state index in [9.17, 15) is 9.59 Å². The third-order valence-electron chi connectivity index (χ3n) is 2.93. The summed E-state index contributed by atoms with van der Waals surface area (Å²) < 4.78 is 4.90. The first kappa shape index (κ1) is 14.0. The number of ether oxygens (including phenoxy) is 1. The fourth-order valence-corrected chi connectivity index (χ4v) is 1.89. The summed E-state index contributed by atoms with van der Waals surface area (Å²) in [5.74, 6) is -0.332. The number of rotatable bonds is 5. The van der Waals surface area contributed by atoms with Crippen LogP contribution in [-0.2, 0) is 11.2 Å². The number of Topliss-reactive ketones (excluding diaryl/α,β-unsaturated/α-hetero) is 1. The lowest BCUT2D eigenvalue weighted by Crippen LogP contribution is -2.07. The first-order chi connectivity index (χ1) is 9.70. The molecule has 0 amide bonds. The van der Waals surface area contributed by atoms with Crippen LogP contribution in [0.4, 0.5) is 0 Å². The van der Waals surface area contributed by atoms with Gasteiger partial charge in [0.05, 0.1) is 12.2 Å². The van der Waals surface area contributed by atoms with Crippen molar-refractivity contribution in [2.45, 2.75) is 13.3 Å². The summed E-state index contributed by atoms with van der Waals surface area (Å²) in [6, 6.07) is 16.2. The highest BCUT2D eigenvalue weighted by atomic mass is 16.5. The van der Waals surface area contributed by atoms with Gasteiger partial charge < -0.3 is 4.74 Å². The first-order valence-electron chi connectivity index (χ1n) is 6.55. The molecular formula is C17H16O3. The third kappa shape index (κ3) is 3.54. The molecule has 0 radical (unpaired) electrons.